The first-order valence-corrected chi connectivity index (χ1v) is 9.37. The van der Waals surface area contributed by atoms with Gasteiger partial charge >= 0.3 is 0 Å². The third kappa shape index (κ3) is 8.21. The summed E-state index contributed by atoms with van der Waals surface area (Å²) in [6, 6.07) is 24.5. The summed E-state index contributed by atoms with van der Waals surface area (Å²) in [6.07, 6.45) is 1.79. The van der Waals surface area contributed by atoms with E-state index < -0.39 is 0 Å². The maximum absolute atomic E-state index is 5.83. The highest BCUT2D eigenvalue weighted by atomic mass is 127. The summed E-state index contributed by atoms with van der Waals surface area (Å²) < 4.78 is 5.83. The maximum Gasteiger partial charge on any atom is 0.191 e. The summed E-state index contributed by atoms with van der Waals surface area (Å²) in [6.45, 7) is 2.53. The molecule has 1 aromatic heterocycles. The summed E-state index contributed by atoms with van der Waals surface area (Å²) >= 11 is 0. The monoisotopic (exact) mass is 502 g/mol. The number of pyridine rings is 1. The summed E-state index contributed by atoms with van der Waals surface area (Å²) in [5.74, 6) is 0.747. The summed E-state index contributed by atoms with van der Waals surface area (Å²) in [4.78, 5) is 8.57. The standard InChI is InChI=1S/C23H26N4O.HI/c1-24-23(27-16-22-12-5-6-13-25-22)26-15-20-10-7-11-21(14-20)18-28-17-19-8-3-2-4-9-19;/h2-14H,15-18H2,1H3,(H2,24,26,27);1H. The van der Waals surface area contributed by atoms with Crippen LogP contribution >= 0.6 is 24.0 Å². The van der Waals surface area contributed by atoms with E-state index in [2.05, 4.69) is 57.0 Å². The summed E-state index contributed by atoms with van der Waals surface area (Å²) in [5, 5.41) is 6.61. The average Bonchev–Trinajstić information content (AvgIpc) is 2.76. The number of nitrogens with zero attached hydrogens (tertiary/aromatic N) is 2. The SMILES string of the molecule is CN=C(NCc1cccc(COCc2ccccc2)c1)NCc1ccccn1.I. The number of halogens is 1. The number of rotatable bonds is 8. The minimum Gasteiger partial charge on any atom is -0.372 e. The minimum absolute atomic E-state index is 0. The lowest BCUT2D eigenvalue weighted by molar-refractivity contribution is 0.107. The molecule has 2 aromatic carbocycles. The number of ether oxygens (including phenoxy) is 1. The molecule has 0 aliphatic carbocycles. The van der Waals surface area contributed by atoms with Gasteiger partial charge in [-0.2, -0.15) is 0 Å². The van der Waals surface area contributed by atoms with Crippen LogP contribution in [0.15, 0.2) is 84.0 Å². The van der Waals surface area contributed by atoms with Gasteiger partial charge in [0, 0.05) is 19.8 Å². The second-order valence-electron chi connectivity index (χ2n) is 6.40. The molecule has 3 rings (SSSR count). The first-order chi connectivity index (χ1) is 13.8. The molecule has 0 atom stereocenters. The number of hydrogen-bond donors (Lipinski definition) is 2. The van der Waals surface area contributed by atoms with E-state index in [1.807, 2.05) is 36.4 Å². The number of nitrogens with one attached hydrogen (secondary N) is 2. The molecule has 3 aromatic rings. The lowest BCUT2D eigenvalue weighted by atomic mass is 10.1. The van der Waals surface area contributed by atoms with E-state index in [-0.39, 0.29) is 24.0 Å². The second-order valence-corrected chi connectivity index (χ2v) is 6.40. The van der Waals surface area contributed by atoms with Crippen molar-refractivity contribution in [3.8, 4) is 0 Å². The van der Waals surface area contributed by atoms with Crippen molar-refractivity contribution in [1.82, 2.24) is 15.6 Å². The first-order valence-electron chi connectivity index (χ1n) is 9.37. The Morgan fingerprint density at radius 2 is 1.52 bits per heavy atom. The zero-order valence-corrected chi connectivity index (χ0v) is 18.9. The van der Waals surface area contributed by atoms with Crippen LogP contribution < -0.4 is 10.6 Å². The molecule has 0 aliphatic heterocycles. The van der Waals surface area contributed by atoms with E-state index in [4.69, 9.17) is 4.74 Å². The van der Waals surface area contributed by atoms with Crippen molar-refractivity contribution in [2.75, 3.05) is 7.05 Å². The fraction of sp³-hybridized carbons (Fsp3) is 0.217. The molecule has 6 heteroatoms. The minimum atomic E-state index is 0. The van der Waals surface area contributed by atoms with E-state index in [0.29, 0.717) is 26.3 Å². The lowest BCUT2D eigenvalue weighted by Gasteiger charge is -2.12. The Morgan fingerprint density at radius 1 is 0.828 bits per heavy atom. The van der Waals surface area contributed by atoms with Crippen LogP contribution in [0.5, 0.6) is 0 Å². The van der Waals surface area contributed by atoms with Gasteiger partial charge in [0.05, 0.1) is 25.5 Å². The predicted molar refractivity (Wildman–Crippen MR) is 128 cm³/mol. The van der Waals surface area contributed by atoms with Gasteiger partial charge in [0.1, 0.15) is 0 Å². The summed E-state index contributed by atoms with van der Waals surface area (Å²) in [7, 11) is 1.77. The van der Waals surface area contributed by atoms with Crippen LogP contribution in [-0.4, -0.2) is 18.0 Å². The highest BCUT2D eigenvalue weighted by Gasteiger charge is 2.01. The molecule has 0 fully saturated rings. The summed E-state index contributed by atoms with van der Waals surface area (Å²) in [5.41, 5.74) is 4.50. The molecule has 0 unspecified atom stereocenters. The van der Waals surface area contributed by atoms with E-state index in [0.717, 1.165) is 17.2 Å². The number of aliphatic imine (C=N–C) groups is 1. The molecule has 1 heterocycles. The molecule has 0 radical (unpaired) electrons. The number of benzene rings is 2. The molecule has 29 heavy (non-hydrogen) atoms. The van der Waals surface area contributed by atoms with Gasteiger partial charge in [-0.15, -0.1) is 24.0 Å². The second kappa shape index (κ2) is 12.9. The van der Waals surface area contributed by atoms with Crippen LogP contribution in [0.4, 0.5) is 0 Å². The zero-order chi connectivity index (χ0) is 19.4. The molecular weight excluding hydrogens is 475 g/mol. The quantitative estimate of drug-likeness (QED) is 0.274. The molecule has 0 spiro atoms. The molecule has 2 N–H and O–H groups in total. The van der Waals surface area contributed by atoms with E-state index in [9.17, 15) is 0 Å². The lowest BCUT2D eigenvalue weighted by Crippen LogP contribution is -2.36. The highest BCUT2D eigenvalue weighted by molar-refractivity contribution is 14.0. The van der Waals surface area contributed by atoms with Gasteiger partial charge in [-0.3, -0.25) is 9.98 Å². The smallest absolute Gasteiger partial charge is 0.191 e. The third-order valence-electron chi connectivity index (χ3n) is 4.22. The molecule has 0 saturated carbocycles. The molecule has 0 aliphatic rings. The van der Waals surface area contributed by atoms with Crippen LogP contribution in [-0.2, 0) is 31.0 Å². The van der Waals surface area contributed by atoms with E-state index in [1.165, 1.54) is 11.1 Å². The van der Waals surface area contributed by atoms with Crippen LogP contribution in [0.2, 0.25) is 0 Å². The zero-order valence-electron chi connectivity index (χ0n) is 16.5. The number of guanidine groups is 1. The van der Waals surface area contributed by atoms with Crippen molar-refractivity contribution in [2.24, 2.45) is 4.99 Å². The van der Waals surface area contributed by atoms with Crippen molar-refractivity contribution in [3.63, 3.8) is 0 Å². The Kier molecular flexibility index (Phi) is 10.2. The molecule has 0 saturated heterocycles. The average molecular weight is 502 g/mol. The molecule has 0 amide bonds. The fourth-order valence-electron chi connectivity index (χ4n) is 2.77. The predicted octanol–water partition coefficient (Wildman–Crippen LogP) is 4.28. The molecule has 152 valence electrons. The Hall–Kier alpha value is -2.45. The largest absolute Gasteiger partial charge is 0.372 e. The van der Waals surface area contributed by atoms with Crippen molar-refractivity contribution in [2.45, 2.75) is 26.3 Å². The Balaban J connectivity index is 0.00000300. The van der Waals surface area contributed by atoms with Crippen LogP contribution in [0.3, 0.4) is 0 Å². The Morgan fingerprint density at radius 3 is 2.28 bits per heavy atom. The van der Waals surface area contributed by atoms with Crippen molar-refractivity contribution in [1.29, 1.82) is 0 Å². The normalized spacial score (nSPS) is 10.9. The highest BCUT2D eigenvalue weighted by Crippen LogP contribution is 2.09. The number of hydrogen-bond acceptors (Lipinski definition) is 3. The molecule has 5 nitrogen and oxygen atoms in total. The topological polar surface area (TPSA) is 58.5 Å². The Bertz CT molecular complexity index is 872. The van der Waals surface area contributed by atoms with Gasteiger partial charge in [-0.25, -0.2) is 0 Å². The van der Waals surface area contributed by atoms with Crippen LogP contribution in [0.1, 0.15) is 22.4 Å². The van der Waals surface area contributed by atoms with Crippen molar-refractivity contribution >= 4 is 29.9 Å². The first kappa shape index (κ1) is 22.8. The van der Waals surface area contributed by atoms with Crippen LogP contribution in [0.25, 0.3) is 0 Å². The fourth-order valence-corrected chi connectivity index (χ4v) is 2.77. The van der Waals surface area contributed by atoms with Gasteiger partial charge in [0.25, 0.3) is 0 Å². The van der Waals surface area contributed by atoms with Gasteiger partial charge in [0.2, 0.25) is 0 Å². The van der Waals surface area contributed by atoms with Gasteiger partial charge < -0.3 is 15.4 Å². The Labute approximate surface area is 189 Å². The molecular formula is C23H27IN4O. The molecule has 0 bridgehead atoms. The van der Waals surface area contributed by atoms with Crippen LogP contribution in [0, 0.1) is 0 Å². The number of aromatic nitrogens is 1. The van der Waals surface area contributed by atoms with E-state index >= 15 is 0 Å². The third-order valence-corrected chi connectivity index (χ3v) is 4.22. The van der Waals surface area contributed by atoms with Crippen molar-refractivity contribution < 1.29 is 4.74 Å². The maximum atomic E-state index is 5.83. The van der Waals surface area contributed by atoms with Gasteiger partial charge in [0.15, 0.2) is 5.96 Å². The van der Waals surface area contributed by atoms with Gasteiger partial charge in [-0.05, 0) is 28.8 Å². The van der Waals surface area contributed by atoms with Crippen molar-refractivity contribution in [3.05, 3.63) is 101 Å². The van der Waals surface area contributed by atoms with Gasteiger partial charge in [-0.1, -0.05) is 60.7 Å². The van der Waals surface area contributed by atoms with E-state index in [1.54, 1.807) is 13.2 Å².